The maximum atomic E-state index is 11.9. The number of carbonyl (C=O) groups excluding carboxylic acids is 1. The third-order valence-electron chi connectivity index (χ3n) is 3.41. The van der Waals surface area contributed by atoms with Crippen LogP contribution in [-0.2, 0) is 0 Å². The van der Waals surface area contributed by atoms with Crippen LogP contribution >= 0.6 is 0 Å². The van der Waals surface area contributed by atoms with Crippen LogP contribution in [-0.4, -0.2) is 22.3 Å². The summed E-state index contributed by atoms with van der Waals surface area (Å²) in [6.45, 7) is 2.04. The molecule has 0 atom stereocenters. The van der Waals surface area contributed by atoms with Gasteiger partial charge < -0.3 is 0 Å². The fraction of sp³-hybridized carbons (Fsp3) is 0.0556. The minimum absolute atomic E-state index is 0.248. The third kappa shape index (κ3) is 3.52. The van der Waals surface area contributed by atoms with Crippen molar-refractivity contribution in [3.8, 4) is 11.3 Å². The molecule has 2 N–H and O–H groups in total. The van der Waals surface area contributed by atoms with Gasteiger partial charge in [0.2, 0.25) is 0 Å². The van der Waals surface area contributed by atoms with E-state index in [1.165, 1.54) is 5.56 Å². The molecular weight excluding hydrogens is 288 g/mol. The second kappa shape index (κ2) is 6.70. The molecule has 0 saturated carbocycles. The lowest BCUT2D eigenvalue weighted by atomic mass is 10.1. The van der Waals surface area contributed by atoms with Gasteiger partial charge >= 0.3 is 0 Å². The number of aromatic nitrogens is 2. The highest BCUT2D eigenvalue weighted by Gasteiger charge is 2.06. The van der Waals surface area contributed by atoms with Crippen LogP contribution in [0.2, 0.25) is 0 Å². The number of H-pyrrole nitrogens is 1. The van der Waals surface area contributed by atoms with E-state index in [0.717, 1.165) is 16.8 Å². The molecule has 0 aliphatic rings. The van der Waals surface area contributed by atoms with Crippen LogP contribution in [0.25, 0.3) is 11.3 Å². The largest absolute Gasteiger partial charge is 0.277 e. The average molecular weight is 304 g/mol. The van der Waals surface area contributed by atoms with Crippen LogP contribution in [0, 0.1) is 6.92 Å². The van der Waals surface area contributed by atoms with Crippen molar-refractivity contribution < 1.29 is 4.79 Å². The highest BCUT2D eigenvalue weighted by atomic mass is 16.2. The first-order valence-electron chi connectivity index (χ1n) is 7.23. The van der Waals surface area contributed by atoms with E-state index >= 15 is 0 Å². The van der Waals surface area contributed by atoms with Gasteiger partial charge in [0.15, 0.2) is 0 Å². The quantitative estimate of drug-likeness (QED) is 0.574. The molecule has 0 bridgehead atoms. The minimum atomic E-state index is -0.248. The second-order valence-electron chi connectivity index (χ2n) is 5.13. The SMILES string of the molecule is Cc1ccc(-c2[nH]ncc2C=NNC(=O)c2ccccc2)cc1. The van der Waals surface area contributed by atoms with Crippen molar-refractivity contribution >= 4 is 12.1 Å². The van der Waals surface area contributed by atoms with E-state index in [-0.39, 0.29) is 5.91 Å². The fourth-order valence-corrected chi connectivity index (χ4v) is 2.16. The van der Waals surface area contributed by atoms with E-state index in [1.807, 2.05) is 49.4 Å². The molecule has 1 heterocycles. The Labute approximate surface area is 134 Å². The zero-order valence-corrected chi connectivity index (χ0v) is 12.7. The first kappa shape index (κ1) is 14.7. The molecule has 0 spiro atoms. The van der Waals surface area contributed by atoms with Crippen LogP contribution in [0.3, 0.4) is 0 Å². The third-order valence-corrected chi connectivity index (χ3v) is 3.41. The smallest absolute Gasteiger partial charge is 0.271 e. The normalized spacial score (nSPS) is 10.8. The summed E-state index contributed by atoms with van der Waals surface area (Å²) in [6, 6.07) is 17.1. The van der Waals surface area contributed by atoms with E-state index < -0.39 is 0 Å². The number of nitrogens with zero attached hydrogens (tertiary/aromatic N) is 2. The predicted molar refractivity (Wildman–Crippen MR) is 90.3 cm³/mol. The summed E-state index contributed by atoms with van der Waals surface area (Å²) in [5.41, 5.74) is 6.96. The Balaban J connectivity index is 1.73. The van der Waals surface area contributed by atoms with Crippen LogP contribution in [0.5, 0.6) is 0 Å². The molecule has 2 aromatic carbocycles. The van der Waals surface area contributed by atoms with Crippen LogP contribution in [0.15, 0.2) is 65.9 Å². The molecule has 3 aromatic rings. The zero-order chi connectivity index (χ0) is 16.1. The lowest BCUT2D eigenvalue weighted by Gasteiger charge is -2.01. The summed E-state index contributed by atoms with van der Waals surface area (Å²) in [5.74, 6) is -0.248. The first-order chi connectivity index (χ1) is 11.2. The topological polar surface area (TPSA) is 70.1 Å². The van der Waals surface area contributed by atoms with Crippen molar-refractivity contribution in [2.75, 3.05) is 0 Å². The van der Waals surface area contributed by atoms with Gasteiger partial charge in [-0.1, -0.05) is 48.0 Å². The number of aryl methyl sites for hydroxylation is 1. The Hall–Kier alpha value is -3.21. The van der Waals surface area contributed by atoms with Gasteiger partial charge in [-0.25, -0.2) is 5.43 Å². The lowest BCUT2D eigenvalue weighted by molar-refractivity contribution is 0.0955. The Bertz CT molecular complexity index is 820. The molecule has 3 rings (SSSR count). The van der Waals surface area contributed by atoms with Crippen molar-refractivity contribution in [2.24, 2.45) is 5.10 Å². The number of hydrogen-bond donors (Lipinski definition) is 2. The molecule has 5 nitrogen and oxygen atoms in total. The summed E-state index contributed by atoms with van der Waals surface area (Å²) in [6.07, 6.45) is 3.26. The average Bonchev–Trinajstić information content (AvgIpc) is 3.05. The van der Waals surface area contributed by atoms with Crippen molar-refractivity contribution in [2.45, 2.75) is 6.92 Å². The molecule has 5 heteroatoms. The maximum absolute atomic E-state index is 11.9. The Morgan fingerprint density at radius 1 is 1.13 bits per heavy atom. The monoisotopic (exact) mass is 304 g/mol. The summed E-state index contributed by atoms with van der Waals surface area (Å²) in [7, 11) is 0. The predicted octanol–water partition coefficient (Wildman–Crippen LogP) is 3.15. The fourth-order valence-electron chi connectivity index (χ4n) is 2.16. The summed E-state index contributed by atoms with van der Waals surface area (Å²) < 4.78 is 0. The van der Waals surface area contributed by atoms with Gasteiger partial charge in [-0.05, 0) is 19.1 Å². The van der Waals surface area contributed by atoms with Crippen LogP contribution in [0.4, 0.5) is 0 Å². The number of amides is 1. The molecule has 1 aromatic heterocycles. The van der Waals surface area contributed by atoms with Crippen LogP contribution in [0.1, 0.15) is 21.5 Å². The summed E-state index contributed by atoms with van der Waals surface area (Å²) in [5, 5.41) is 11.0. The number of carbonyl (C=O) groups is 1. The molecule has 0 saturated heterocycles. The Morgan fingerprint density at radius 3 is 2.61 bits per heavy atom. The van der Waals surface area contributed by atoms with Gasteiger partial charge in [0.05, 0.1) is 18.1 Å². The van der Waals surface area contributed by atoms with Gasteiger partial charge in [-0.2, -0.15) is 10.2 Å². The van der Waals surface area contributed by atoms with E-state index in [9.17, 15) is 4.79 Å². The van der Waals surface area contributed by atoms with Crippen molar-refractivity contribution in [1.82, 2.24) is 15.6 Å². The second-order valence-corrected chi connectivity index (χ2v) is 5.13. The van der Waals surface area contributed by atoms with Gasteiger partial charge in [-0.3, -0.25) is 9.89 Å². The van der Waals surface area contributed by atoms with Crippen molar-refractivity contribution in [1.29, 1.82) is 0 Å². The standard InChI is InChI=1S/C18H16N4O/c1-13-7-9-14(10-8-13)17-16(11-19-21-17)12-20-22-18(23)15-5-3-2-4-6-15/h2-12H,1H3,(H,19,21)(H,22,23). The number of hydrazone groups is 1. The molecule has 23 heavy (non-hydrogen) atoms. The van der Waals surface area contributed by atoms with Gasteiger partial charge in [-0.15, -0.1) is 0 Å². The van der Waals surface area contributed by atoms with E-state index in [0.29, 0.717) is 5.56 Å². The number of nitrogens with one attached hydrogen (secondary N) is 2. The first-order valence-corrected chi connectivity index (χ1v) is 7.23. The number of aromatic amines is 1. The Morgan fingerprint density at radius 2 is 1.87 bits per heavy atom. The van der Waals surface area contributed by atoms with Crippen molar-refractivity contribution in [3.05, 3.63) is 77.5 Å². The molecule has 114 valence electrons. The molecule has 0 radical (unpaired) electrons. The van der Waals surface area contributed by atoms with E-state index in [4.69, 9.17) is 0 Å². The van der Waals surface area contributed by atoms with Gasteiger partial charge in [0, 0.05) is 16.7 Å². The molecule has 0 fully saturated rings. The molecule has 0 aliphatic carbocycles. The highest BCUT2D eigenvalue weighted by Crippen LogP contribution is 2.20. The van der Waals surface area contributed by atoms with Crippen molar-refractivity contribution in [3.63, 3.8) is 0 Å². The minimum Gasteiger partial charge on any atom is -0.277 e. The molecule has 0 aliphatic heterocycles. The van der Waals surface area contributed by atoms with E-state index in [1.54, 1.807) is 24.5 Å². The molecule has 1 amide bonds. The molecule has 0 unspecified atom stereocenters. The zero-order valence-electron chi connectivity index (χ0n) is 12.7. The number of benzene rings is 2. The molecular formula is C18H16N4O. The number of rotatable bonds is 4. The van der Waals surface area contributed by atoms with E-state index in [2.05, 4.69) is 20.7 Å². The number of hydrogen-bond acceptors (Lipinski definition) is 3. The van der Waals surface area contributed by atoms with Gasteiger partial charge in [0.1, 0.15) is 0 Å². The highest BCUT2D eigenvalue weighted by molar-refractivity contribution is 5.95. The summed E-state index contributed by atoms with van der Waals surface area (Å²) >= 11 is 0. The van der Waals surface area contributed by atoms with Gasteiger partial charge in [0.25, 0.3) is 5.91 Å². The maximum Gasteiger partial charge on any atom is 0.271 e. The van der Waals surface area contributed by atoms with Crippen LogP contribution < -0.4 is 5.43 Å². The Kier molecular flexibility index (Phi) is 4.29. The lowest BCUT2D eigenvalue weighted by Crippen LogP contribution is -2.17. The summed E-state index contributed by atoms with van der Waals surface area (Å²) in [4.78, 5) is 11.9.